The van der Waals surface area contributed by atoms with Crippen LogP contribution in [0.15, 0.2) is 0 Å². The van der Waals surface area contributed by atoms with E-state index in [1.54, 1.807) is 0 Å². The first-order valence-electron chi connectivity index (χ1n) is 3.64. The lowest BCUT2D eigenvalue weighted by Crippen LogP contribution is -2.39. The summed E-state index contributed by atoms with van der Waals surface area (Å²) >= 11 is 0. The summed E-state index contributed by atoms with van der Waals surface area (Å²) in [6.07, 6.45) is 2.78. The molecule has 0 aromatic heterocycles. The third-order valence-electron chi connectivity index (χ3n) is 2.12. The van der Waals surface area contributed by atoms with Crippen LogP contribution in [0, 0.1) is 5.92 Å². The normalized spacial score (nSPS) is 45.0. The molecule has 0 aliphatic heterocycles. The van der Waals surface area contributed by atoms with E-state index < -0.39 is 0 Å². The first-order valence-corrected chi connectivity index (χ1v) is 3.64. The third-order valence-corrected chi connectivity index (χ3v) is 2.12. The largest absolute Gasteiger partial charge is 0.392 e. The van der Waals surface area contributed by atoms with Crippen molar-refractivity contribution >= 4 is 0 Å². The molecular formula is C7H15NO. The van der Waals surface area contributed by atoms with Crippen molar-refractivity contribution in [1.29, 1.82) is 0 Å². The average molecular weight is 129 g/mol. The van der Waals surface area contributed by atoms with Crippen molar-refractivity contribution in [3.8, 4) is 0 Å². The Kier molecular flexibility index (Phi) is 2.09. The molecule has 3 N–H and O–H groups in total. The number of nitrogens with two attached hydrogens (primary N) is 1. The molecule has 0 aromatic carbocycles. The van der Waals surface area contributed by atoms with Crippen molar-refractivity contribution in [3.63, 3.8) is 0 Å². The zero-order valence-corrected chi connectivity index (χ0v) is 5.88. The van der Waals surface area contributed by atoms with Crippen LogP contribution in [0.25, 0.3) is 0 Å². The summed E-state index contributed by atoms with van der Waals surface area (Å²) in [5.74, 6) is 0.711. The van der Waals surface area contributed by atoms with E-state index in [2.05, 4.69) is 6.92 Å². The van der Waals surface area contributed by atoms with E-state index in [1.807, 2.05) is 0 Å². The second kappa shape index (κ2) is 2.67. The first-order chi connectivity index (χ1) is 4.20. The van der Waals surface area contributed by atoms with Crippen molar-refractivity contribution in [2.24, 2.45) is 11.7 Å². The highest BCUT2D eigenvalue weighted by atomic mass is 16.3. The number of hydrogen-bond donors (Lipinski definition) is 2. The lowest BCUT2D eigenvalue weighted by atomic mass is 9.86. The minimum absolute atomic E-state index is 0.0359. The van der Waals surface area contributed by atoms with Crippen LogP contribution in [0.4, 0.5) is 0 Å². The predicted octanol–water partition coefficient (Wildman–Crippen LogP) is 0.495. The van der Waals surface area contributed by atoms with Crippen LogP contribution in [0.2, 0.25) is 0 Å². The maximum Gasteiger partial charge on any atom is 0.0691 e. The van der Waals surface area contributed by atoms with Gasteiger partial charge in [-0.2, -0.15) is 0 Å². The molecular weight excluding hydrogens is 114 g/mol. The summed E-state index contributed by atoms with van der Waals surface area (Å²) in [4.78, 5) is 0. The van der Waals surface area contributed by atoms with E-state index in [4.69, 9.17) is 5.73 Å². The Morgan fingerprint density at radius 3 is 2.56 bits per heavy atom. The van der Waals surface area contributed by atoms with Crippen molar-refractivity contribution in [3.05, 3.63) is 0 Å². The lowest BCUT2D eigenvalue weighted by Gasteiger charge is -2.28. The summed E-state index contributed by atoms with van der Waals surface area (Å²) in [5, 5.41) is 9.17. The van der Waals surface area contributed by atoms with Gasteiger partial charge in [0.2, 0.25) is 0 Å². The second-order valence-electron chi connectivity index (χ2n) is 3.15. The highest BCUT2D eigenvalue weighted by molar-refractivity contribution is 4.79. The minimum atomic E-state index is -0.235. The van der Waals surface area contributed by atoms with Gasteiger partial charge in [-0.05, 0) is 25.2 Å². The predicted molar refractivity (Wildman–Crippen MR) is 37.0 cm³/mol. The van der Waals surface area contributed by atoms with Crippen LogP contribution in [0.5, 0.6) is 0 Å². The third kappa shape index (κ3) is 1.66. The van der Waals surface area contributed by atoms with E-state index in [1.165, 1.54) is 0 Å². The van der Waals surface area contributed by atoms with Crippen LogP contribution in [0.1, 0.15) is 26.2 Å². The zero-order chi connectivity index (χ0) is 6.85. The van der Waals surface area contributed by atoms with Gasteiger partial charge in [-0.3, -0.25) is 0 Å². The molecule has 1 aliphatic carbocycles. The molecule has 0 heterocycles. The Morgan fingerprint density at radius 2 is 2.11 bits per heavy atom. The van der Waals surface area contributed by atoms with Gasteiger partial charge < -0.3 is 10.8 Å². The monoisotopic (exact) mass is 129 g/mol. The molecule has 0 spiro atoms. The van der Waals surface area contributed by atoms with Crippen LogP contribution in [-0.4, -0.2) is 17.3 Å². The molecule has 0 aromatic rings. The molecule has 54 valence electrons. The summed E-state index contributed by atoms with van der Waals surface area (Å²) in [6, 6.07) is 0.0359. The Labute approximate surface area is 56.1 Å². The molecule has 9 heavy (non-hydrogen) atoms. The van der Waals surface area contributed by atoms with Gasteiger partial charge in [-0.1, -0.05) is 6.92 Å². The van der Waals surface area contributed by atoms with Crippen LogP contribution in [-0.2, 0) is 0 Å². The molecule has 1 aliphatic rings. The molecule has 0 bridgehead atoms. The maximum atomic E-state index is 9.17. The number of rotatable bonds is 0. The number of hydrogen-bond acceptors (Lipinski definition) is 2. The van der Waals surface area contributed by atoms with Gasteiger partial charge in [0.1, 0.15) is 0 Å². The lowest BCUT2D eigenvalue weighted by molar-refractivity contribution is 0.0906. The van der Waals surface area contributed by atoms with E-state index in [-0.39, 0.29) is 12.1 Å². The summed E-state index contributed by atoms with van der Waals surface area (Å²) in [7, 11) is 0. The molecule has 1 saturated carbocycles. The zero-order valence-electron chi connectivity index (χ0n) is 5.88. The van der Waals surface area contributed by atoms with Crippen molar-refractivity contribution in [2.75, 3.05) is 0 Å². The van der Waals surface area contributed by atoms with Crippen molar-refractivity contribution < 1.29 is 5.11 Å². The first kappa shape index (κ1) is 7.03. The van der Waals surface area contributed by atoms with E-state index >= 15 is 0 Å². The van der Waals surface area contributed by atoms with Gasteiger partial charge in [-0.25, -0.2) is 0 Å². The SMILES string of the molecule is C[C@H]1CC[C@@H](O)C(N)C1. The highest BCUT2D eigenvalue weighted by Gasteiger charge is 2.23. The fourth-order valence-corrected chi connectivity index (χ4v) is 1.41. The second-order valence-corrected chi connectivity index (χ2v) is 3.15. The Hall–Kier alpha value is -0.0800. The Morgan fingerprint density at radius 1 is 1.44 bits per heavy atom. The van der Waals surface area contributed by atoms with E-state index in [9.17, 15) is 5.11 Å². The van der Waals surface area contributed by atoms with Gasteiger partial charge in [0, 0.05) is 6.04 Å². The van der Waals surface area contributed by atoms with Gasteiger partial charge >= 0.3 is 0 Å². The fraction of sp³-hybridized carbons (Fsp3) is 1.00. The molecule has 1 unspecified atom stereocenters. The molecule has 0 amide bonds. The average Bonchev–Trinajstić information content (AvgIpc) is 1.80. The summed E-state index contributed by atoms with van der Waals surface area (Å²) in [5.41, 5.74) is 5.62. The van der Waals surface area contributed by atoms with Gasteiger partial charge in [0.25, 0.3) is 0 Å². The standard InChI is InChI=1S/C7H15NO/c1-5-2-3-7(9)6(8)4-5/h5-7,9H,2-4,8H2,1H3/t5-,6?,7+/m0/s1. The molecule has 1 rings (SSSR count). The van der Waals surface area contributed by atoms with Crippen LogP contribution in [0.3, 0.4) is 0 Å². The van der Waals surface area contributed by atoms with Crippen molar-refractivity contribution in [2.45, 2.75) is 38.3 Å². The maximum absolute atomic E-state index is 9.17. The molecule has 2 heteroatoms. The van der Waals surface area contributed by atoms with Gasteiger partial charge in [-0.15, -0.1) is 0 Å². The van der Waals surface area contributed by atoms with Gasteiger partial charge in [0.15, 0.2) is 0 Å². The van der Waals surface area contributed by atoms with Crippen LogP contribution >= 0.6 is 0 Å². The Bertz CT molecular complexity index is 94.9. The van der Waals surface area contributed by atoms with E-state index in [0.717, 1.165) is 19.3 Å². The quantitative estimate of drug-likeness (QED) is 0.500. The smallest absolute Gasteiger partial charge is 0.0691 e. The number of aliphatic hydroxyl groups is 1. The topological polar surface area (TPSA) is 46.2 Å². The fourth-order valence-electron chi connectivity index (χ4n) is 1.41. The molecule has 0 radical (unpaired) electrons. The molecule has 1 fully saturated rings. The van der Waals surface area contributed by atoms with E-state index in [0.29, 0.717) is 5.92 Å². The minimum Gasteiger partial charge on any atom is -0.392 e. The molecule has 3 atom stereocenters. The molecule has 2 nitrogen and oxygen atoms in total. The molecule has 0 saturated heterocycles. The van der Waals surface area contributed by atoms with Crippen molar-refractivity contribution in [1.82, 2.24) is 0 Å². The summed E-state index contributed by atoms with van der Waals surface area (Å²) < 4.78 is 0. The van der Waals surface area contributed by atoms with Crippen LogP contribution < -0.4 is 5.73 Å². The van der Waals surface area contributed by atoms with Gasteiger partial charge in [0.05, 0.1) is 6.10 Å². The number of aliphatic hydroxyl groups excluding tert-OH is 1. The summed E-state index contributed by atoms with van der Waals surface area (Å²) in [6.45, 7) is 2.19. The highest BCUT2D eigenvalue weighted by Crippen LogP contribution is 2.22. The Balaban J connectivity index is 2.35.